The molecule has 1 aliphatic heterocycles. The summed E-state index contributed by atoms with van der Waals surface area (Å²) < 4.78 is 10.8. The lowest BCUT2D eigenvalue weighted by Crippen LogP contribution is -2.43. The predicted molar refractivity (Wildman–Crippen MR) is 108 cm³/mol. The molecular formula is C19H22N4O5S. The number of morpholine rings is 1. The van der Waals surface area contributed by atoms with E-state index in [4.69, 9.17) is 10.6 Å². The molecule has 1 fully saturated rings. The van der Waals surface area contributed by atoms with Crippen molar-refractivity contribution in [1.29, 1.82) is 0 Å². The molecule has 1 amide bonds. The monoisotopic (exact) mass is 418 g/mol. The normalized spacial score (nSPS) is 15.1. The molecule has 29 heavy (non-hydrogen) atoms. The van der Waals surface area contributed by atoms with Gasteiger partial charge in [0, 0.05) is 18.8 Å². The molecule has 1 saturated heterocycles. The van der Waals surface area contributed by atoms with Gasteiger partial charge in [0.15, 0.2) is 5.78 Å². The zero-order valence-corrected chi connectivity index (χ0v) is 17.0. The second-order valence-electron chi connectivity index (χ2n) is 6.38. The van der Waals surface area contributed by atoms with E-state index in [2.05, 4.69) is 9.72 Å². The van der Waals surface area contributed by atoms with E-state index in [1.165, 1.54) is 18.4 Å². The van der Waals surface area contributed by atoms with Gasteiger partial charge in [-0.2, -0.15) is 0 Å². The number of rotatable bonds is 6. The molecule has 10 heteroatoms. The Morgan fingerprint density at radius 2 is 1.97 bits per heavy atom. The van der Waals surface area contributed by atoms with E-state index < -0.39 is 24.1 Å². The number of allylic oxidation sites excluding steroid dienone is 1. The van der Waals surface area contributed by atoms with Crippen molar-refractivity contribution in [2.24, 2.45) is 5.84 Å². The summed E-state index contributed by atoms with van der Waals surface area (Å²) in [5.41, 5.74) is 0.995. The van der Waals surface area contributed by atoms with Crippen LogP contribution in [0.5, 0.6) is 0 Å². The fourth-order valence-electron chi connectivity index (χ4n) is 2.99. The number of carbonyl (C=O) groups excluding carboxylic acids is 3. The van der Waals surface area contributed by atoms with Gasteiger partial charge in [0.05, 0.1) is 30.5 Å². The molecule has 0 unspecified atom stereocenters. The van der Waals surface area contributed by atoms with Gasteiger partial charge in [-0.15, -0.1) is 0 Å². The molecule has 1 aromatic carbocycles. The Kier molecular flexibility index (Phi) is 6.57. The Bertz CT molecular complexity index is 931. The summed E-state index contributed by atoms with van der Waals surface area (Å²) in [6.07, 6.45) is -0.549. The van der Waals surface area contributed by atoms with Crippen molar-refractivity contribution in [1.82, 2.24) is 9.88 Å². The Hall–Kier alpha value is -2.82. The highest BCUT2D eigenvalue weighted by atomic mass is 32.1. The van der Waals surface area contributed by atoms with Crippen molar-refractivity contribution < 1.29 is 23.9 Å². The molecule has 0 bridgehead atoms. The molecule has 0 spiro atoms. The third kappa shape index (κ3) is 4.61. The molecule has 2 N–H and O–H groups in total. The van der Waals surface area contributed by atoms with Crippen molar-refractivity contribution in [3.05, 3.63) is 35.5 Å². The molecule has 1 aliphatic rings. The van der Waals surface area contributed by atoms with Gasteiger partial charge in [-0.25, -0.2) is 15.8 Å². The summed E-state index contributed by atoms with van der Waals surface area (Å²) >= 11 is 1.24. The maximum Gasteiger partial charge on any atom is 0.313 e. The van der Waals surface area contributed by atoms with Crippen molar-refractivity contribution in [3.63, 3.8) is 0 Å². The summed E-state index contributed by atoms with van der Waals surface area (Å²) in [7, 11) is 1.19. The minimum Gasteiger partial charge on any atom is -0.469 e. The van der Waals surface area contributed by atoms with E-state index in [-0.39, 0.29) is 10.7 Å². The first kappa shape index (κ1) is 20.9. The summed E-state index contributed by atoms with van der Waals surface area (Å²) in [6.45, 7) is 3.68. The maximum absolute atomic E-state index is 13.2. The zero-order valence-electron chi connectivity index (χ0n) is 16.2. The number of hydrogen-bond acceptors (Lipinski definition) is 9. The van der Waals surface area contributed by atoms with Crippen LogP contribution in [0.4, 0.5) is 5.13 Å². The van der Waals surface area contributed by atoms with Crippen LogP contribution in [-0.4, -0.2) is 61.0 Å². The van der Waals surface area contributed by atoms with Gasteiger partial charge in [-0.3, -0.25) is 14.4 Å². The maximum atomic E-state index is 13.2. The van der Waals surface area contributed by atoms with Crippen LogP contribution in [0.15, 0.2) is 35.5 Å². The number of nitrogens with zero attached hydrogens (tertiary/aromatic N) is 3. The number of methoxy groups -OCH3 is 1. The number of ether oxygens (including phenoxy) is 2. The van der Waals surface area contributed by atoms with E-state index in [1.54, 1.807) is 6.92 Å². The molecule has 0 saturated carbocycles. The van der Waals surface area contributed by atoms with Gasteiger partial charge in [-0.1, -0.05) is 23.5 Å². The number of nitrogens with two attached hydrogens (primary N) is 1. The quantitative estimate of drug-likeness (QED) is 0.142. The van der Waals surface area contributed by atoms with Crippen LogP contribution in [0.3, 0.4) is 0 Å². The number of thiazole rings is 1. The van der Waals surface area contributed by atoms with Crippen LogP contribution in [-0.2, 0) is 23.9 Å². The standard InChI is InChI=1S/C19H22N4O5S/c1-12(22-7-9-28-10-8-22)17(14(24)11-16(25)27-2)18(26)23(20)19-21-13-5-3-4-6-15(13)29-19/h3-6H,7-11,20H2,1-2H3. The van der Waals surface area contributed by atoms with E-state index >= 15 is 0 Å². The lowest BCUT2D eigenvalue weighted by molar-refractivity contribution is -0.142. The highest BCUT2D eigenvalue weighted by molar-refractivity contribution is 7.22. The number of carbonyl (C=O) groups is 3. The number of Topliss-reactive ketones (excluding diaryl/α,β-unsaturated/α-hetero) is 1. The molecule has 2 heterocycles. The second kappa shape index (κ2) is 9.12. The smallest absolute Gasteiger partial charge is 0.313 e. The summed E-state index contributed by atoms with van der Waals surface area (Å²) in [4.78, 5) is 43.9. The third-order valence-electron chi connectivity index (χ3n) is 4.58. The number of hydrazine groups is 1. The second-order valence-corrected chi connectivity index (χ2v) is 7.38. The summed E-state index contributed by atoms with van der Waals surface area (Å²) in [5.74, 6) is 3.96. The Labute approximate surface area is 171 Å². The first-order chi connectivity index (χ1) is 13.9. The van der Waals surface area contributed by atoms with Crippen molar-refractivity contribution >= 4 is 44.3 Å². The predicted octanol–water partition coefficient (Wildman–Crippen LogP) is 1.24. The molecule has 9 nitrogen and oxygen atoms in total. The van der Waals surface area contributed by atoms with Crippen molar-refractivity contribution in [3.8, 4) is 0 Å². The largest absolute Gasteiger partial charge is 0.469 e. The van der Waals surface area contributed by atoms with Gasteiger partial charge < -0.3 is 14.4 Å². The summed E-state index contributed by atoms with van der Waals surface area (Å²) in [6, 6.07) is 7.38. The van der Waals surface area contributed by atoms with E-state index in [1.807, 2.05) is 29.2 Å². The number of fused-ring (bicyclic) bond motifs is 1. The van der Waals surface area contributed by atoms with Gasteiger partial charge in [0.25, 0.3) is 5.91 Å². The average Bonchev–Trinajstić information content (AvgIpc) is 3.17. The minimum absolute atomic E-state index is 0.154. The average molecular weight is 418 g/mol. The molecule has 154 valence electrons. The van der Waals surface area contributed by atoms with Gasteiger partial charge >= 0.3 is 5.97 Å². The van der Waals surface area contributed by atoms with E-state index in [0.29, 0.717) is 37.5 Å². The number of benzene rings is 1. The van der Waals surface area contributed by atoms with Crippen LogP contribution in [0.25, 0.3) is 10.2 Å². The van der Waals surface area contributed by atoms with Crippen LogP contribution in [0.2, 0.25) is 0 Å². The van der Waals surface area contributed by atoms with Gasteiger partial charge in [0.2, 0.25) is 5.13 Å². The molecule has 0 atom stereocenters. The first-order valence-electron chi connectivity index (χ1n) is 9.00. The zero-order chi connectivity index (χ0) is 21.0. The number of amides is 1. The Morgan fingerprint density at radius 1 is 1.28 bits per heavy atom. The fourth-order valence-corrected chi connectivity index (χ4v) is 3.88. The van der Waals surface area contributed by atoms with Crippen LogP contribution >= 0.6 is 11.3 Å². The first-order valence-corrected chi connectivity index (χ1v) is 9.82. The van der Waals surface area contributed by atoms with Crippen LogP contribution in [0, 0.1) is 0 Å². The highest BCUT2D eigenvalue weighted by Crippen LogP contribution is 2.28. The number of ketones is 1. The van der Waals surface area contributed by atoms with Crippen LogP contribution in [0.1, 0.15) is 13.3 Å². The van der Waals surface area contributed by atoms with Crippen molar-refractivity contribution in [2.45, 2.75) is 13.3 Å². The molecule has 0 aliphatic carbocycles. The number of para-hydroxylation sites is 1. The van der Waals surface area contributed by atoms with Crippen LogP contribution < -0.4 is 10.9 Å². The van der Waals surface area contributed by atoms with Gasteiger partial charge in [-0.05, 0) is 19.1 Å². The third-order valence-corrected chi connectivity index (χ3v) is 5.62. The van der Waals surface area contributed by atoms with Gasteiger partial charge in [0.1, 0.15) is 12.0 Å². The fraction of sp³-hybridized carbons (Fsp3) is 0.368. The highest BCUT2D eigenvalue weighted by Gasteiger charge is 2.31. The topological polar surface area (TPSA) is 115 Å². The van der Waals surface area contributed by atoms with E-state index in [0.717, 1.165) is 9.71 Å². The SMILES string of the molecule is COC(=O)CC(=O)C(C(=O)N(N)c1nc2ccccc2s1)=C(C)N1CCOCC1. The van der Waals surface area contributed by atoms with E-state index in [9.17, 15) is 14.4 Å². The number of aromatic nitrogens is 1. The van der Waals surface area contributed by atoms with Crippen molar-refractivity contribution in [2.75, 3.05) is 38.4 Å². The molecule has 3 rings (SSSR count). The Balaban J connectivity index is 1.95. The molecule has 2 aromatic rings. The lowest BCUT2D eigenvalue weighted by Gasteiger charge is -2.31. The Morgan fingerprint density at radius 3 is 2.62 bits per heavy atom. The summed E-state index contributed by atoms with van der Waals surface area (Å²) in [5, 5.41) is 1.12. The number of hydrogen-bond donors (Lipinski definition) is 1. The number of esters is 1. The molecule has 0 radical (unpaired) electrons. The molecule has 1 aromatic heterocycles. The number of anilines is 1. The molecular weight excluding hydrogens is 396 g/mol. The lowest BCUT2D eigenvalue weighted by atomic mass is 10.0. The minimum atomic E-state index is -0.723.